The van der Waals surface area contributed by atoms with Crippen molar-refractivity contribution in [3.8, 4) is 0 Å². The Labute approximate surface area is 125 Å². The van der Waals surface area contributed by atoms with Gasteiger partial charge in [-0.05, 0) is 49.5 Å². The number of rotatable bonds is 5. The van der Waals surface area contributed by atoms with Gasteiger partial charge >= 0.3 is 0 Å². The van der Waals surface area contributed by atoms with Crippen molar-refractivity contribution < 1.29 is 4.79 Å². The van der Waals surface area contributed by atoms with Crippen LogP contribution in [0.5, 0.6) is 0 Å². The molecule has 1 unspecified atom stereocenters. The summed E-state index contributed by atoms with van der Waals surface area (Å²) in [5, 5.41) is 6.99. The van der Waals surface area contributed by atoms with Crippen molar-refractivity contribution in [3.05, 3.63) is 34.9 Å². The summed E-state index contributed by atoms with van der Waals surface area (Å²) in [4.78, 5) is 11.7. The third kappa shape index (κ3) is 5.81. The second-order valence-corrected chi connectivity index (χ2v) is 5.23. The van der Waals surface area contributed by atoms with E-state index in [1.807, 2.05) is 24.3 Å². The van der Waals surface area contributed by atoms with Crippen LogP contribution in [0.1, 0.15) is 18.4 Å². The molecule has 2 rings (SSSR count). The lowest BCUT2D eigenvalue weighted by Gasteiger charge is -2.09. The molecule has 3 nitrogen and oxygen atoms in total. The Morgan fingerprint density at radius 2 is 2.11 bits per heavy atom. The fourth-order valence-corrected chi connectivity index (χ4v) is 2.35. The van der Waals surface area contributed by atoms with Crippen molar-refractivity contribution in [2.45, 2.75) is 19.3 Å². The molecule has 5 heteroatoms. The van der Waals surface area contributed by atoms with Gasteiger partial charge in [-0.3, -0.25) is 4.79 Å². The summed E-state index contributed by atoms with van der Waals surface area (Å²) in [5.41, 5.74) is 1.20. The van der Waals surface area contributed by atoms with Gasteiger partial charge in [-0.15, -0.1) is 12.4 Å². The maximum absolute atomic E-state index is 11.7. The molecule has 0 bridgehead atoms. The van der Waals surface area contributed by atoms with Crippen LogP contribution < -0.4 is 10.6 Å². The molecule has 1 atom stereocenters. The van der Waals surface area contributed by atoms with E-state index >= 15 is 0 Å². The smallest absolute Gasteiger partial charge is 0.220 e. The molecule has 0 aromatic heterocycles. The molecule has 0 aliphatic carbocycles. The van der Waals surface area contributed by atoms with Crippen molar-refractivity contribution >= 4 is 29.9 Å². The van der Waals surface area contributed by atoms with E-state index in [1.54, 1.807) is 0 Å². The van der Waals surface area contributed by atoms with Gasteiger partial charge in [0.2, 0.25) is 5.91 Å². The van der Waals surface area contributed by atoms with E-state index in [2.05, 4.69) is 10.6 Å². The maximum atomic E-state index is 11.7. The topological polar surface area (TPSA) is 41.1 Å². The molecule has 1 fully saturated rings. The second kappa shape index (κ2) is 8.41. The summed E-state index contributed by atoms with van der Waals surface area (Å²) in [5.74, 6) is 0.679. The molecule has 1 aliphatic rings. The van der Waals surface area contributed by atoms with Crippen molar-refractivity contribution in [1.29, 1.82) is 0 Å². The first kappa shape index (κ1) is 16.3. The van der Waals surface area contributed by atoms with E-state index in [0.29, 0.717) is 18.9 Å². The molecule has 19 heavy (non-hydrogen) atoms. The van der Waals surface area contributed by atoms with E-state index in [9.17, 15) is 4.79 Å². The monoisotopic (exact) mass is 302 g/mol. The number of carbonyl (C=O) groups is 1. The molecule has 0 saturated carbocycles. The molecule has 2 N–H and O–H groups in total. The van der Waals surface area contributed by atoms with Gasteiger partial charge in [-0.1, -0.05) is 23.7 Å². The molecule has 1 aromatic rings. The predicted molar refractivity (Wildman–Crippen MR) is 81.0 cm³/mol. The fourth-order valence-electron chi connectivity index (χ4n) is 2.22. The van der Waals surface area contributed by atoms with Gasteiger partial charge in [0.25, 0.3) is 0 Å². The quantitative estimate of drug-likeness (QED) is 0.877. The number of carbonyl (C=O) groups excluding carboxylic acids is 1. The summed E-state index contributed by atoms with van der Waals surface area (Å²) in [7, 11) is 0. The Morgan fingerprint density at radius 3 is 2.74 bits per heavy atom. The summed E-state index contributed by atoms with van der Waals surface area (Å²) in [6, 6.07) is 7.75. The number of nitrogens with one attached hydrogen (secondary N) is 2. The minimum absolute atomic E-state index is 0. The molecule has 0 spiro atoms. The standard InChI is InChI=1S/C14H19ClN2O.ClH/c15-13-3-1-11(2-4-13)6-8-17-14(18)9-12-5-7-16-10-12;/h1-4,12,16H,5-10H2,(H,17,18);1H. The number of hydrogen-bond donors (Lipinski definition) is 2. The van der Waals surface area contributed by atoms with Crippen molar-refractivity contribution in [2.24, 2.45) is 5.92 Å². The summed E-state index contributed by atoms with van der Waals surface area (Å²) < 4.78 is 0. The van der Waals surface area contributed by atoms with Crippen LogP contribution in [-0.4, -0.2) is 25.5 Å². The zero-order valence-corrected chi connectivity index (χ0v) is 12.4. The maximum Gasteiger partial charge on any atom is 0.220 e. The van der Waals surface area contributed by atoms with Crippen LogP contribution >= 0.6 is 24.0 Å². The molecular formula is C14H20Cl2N2O. The summed E-state index contributed by atoms with van der Waals surface area (Å²) >= 11 is 5.82. The van der Waals surface area contributed by atoms with Crippen LogP contribution in [-0.2, 0) is 11.2 Å². The first-order valence-electron chi connectivity index (χ1n) is 6.46. The molecule has 106 valence electrons. The van der Waals surface area contributed by atoms with Gasteiger partial charge in [0.15, 0.2) is 0 Å². The Hall–Kier alpha value is -0.770. The lowest BCUT2D eigenvalue weighted by Crippen LogP contribution is -2.28. The second-order valence-electron chi connectivity index (χ2n) is 4.79. The zero-order valence-electron chi connectivity index (χ0n) is 10.8. The summed E-state index contributed by atoms with van der Waals surface area (Å²) in [6.07, 6.45) is 2.62. The van der Waals surface area contributed by atoms with Crippen LogP contribution in [0.3, 0.4) is 0 Å². The molecule has 1 aromatic carbocycles. The lowest BCUT2D eigenvalue weighted by molar-refractivity contribution is -0.121. The Bertz CT molecular complexity index is 389. The molecular weight excluding hydrogens is 283 g/mol. The minimum atomic E-state index is 0. The SMILES string of the molecule is Cl.O=C(CC1CCNC1)NCCc1ccc(Cl)cc1. The Balaban J connectivity index is 0.00000180. The van der Waals surface area contributed by atoms with E-state index in [4.69, 9.17) is 11.6 Å². The number of amides is 1. The van der Waals surface area contributed by atoms with Crippen LogP contribution in [0, 0.1) is 5.92 Å². The normalized spacial score (nSPS) is 17.8. The Morgan fingerprint density at radius 1 is 1.37 bits per heavy atom. The fraction of sp³-hybridized carbons (Fsp3) is 0.500. The average molecular weight is 303 g/mol. The summed E-state index contributed by atoms with van der Waals surface area (Å²) in [6.45, 7) is 2.72. The van der Waals surface area contributed by atoms with Crippen molar-refractivity contribution in [2.75, 3.05) is 19.6 Å². The highest BCUT2D eigenvalue weighted by molar-refractivity contribution is 6.30. The minimum Gasteiger partial charge on any atom is -0.356 e. The van der Waals surface area contributed by atoms with E-state index in [1.165, 1.54) is 5.56 Å². The molecule has 1 amide bonds. The molecule has 1 saturated heterocycles. The average Bonchev–Trinajstić information content (AvgIpc) is 2.84. The highest BCUT2D eigenvalue weighted by atomic mass is 35.5. The van der Waals surface area contributed by atoms with Crippen LogP contribution in [0.2, 0.25) is 5.02 Å². The number of hydrogen-bond acceptors (Lipinski definition) is 2. The first-order valence-corrected chi connectivity index (χ1v) is 6.83. The number of halogens is 2. The highest BCUT2D eigenvalue weighted by Gasteiger charge is 2.17. The third-order valence-electron chi connectivity index (χ3n) is 3.29. The molecule has 0 radical (unpaired) electrons. The number of benzene rings is 1. The van der Waals surface area contributed by atoms with E-state index in [0.717, 1.165) is 31.0 Å². The van der Waals surface area contributed by atoms with E-state index < -0.39 is 0 Å². The van der Waals surface area contributed by atoms with Gasteiger partial charge < -0.3 is 10.6 Å². The molecule has 1 heterocycles. The predicted octanol–water partition coefficient (Wildman–Crippen LogP) is 2.42. The zero-order chi connectivity index (χ0) is 12.8. The van der Waals surface area contributed by atoms with Crippen LogP contribution in [0.15, 0.2) is 24.3 Å². The van der Waals surface area contributed by atoms with Gasteiger partial charge in [0, 0.05) is 18.0 Å². The third-order valence-corrected chi connectivity index (χ3v) is 3.54. The largest absolute Gasteiger partial charge is 0.356 e. The van der Waals surface area contributed by atoms with Crippen LogP contribution in [0.25, 0.3) is 0 Å². The first-order chi connectivity index (χ1) is 8.74. The lowest BCUT2D eigenvalue weighted by atomic mass is 10.0. The van der Waals surface area contributed by atoms with Gasteiger partial charge in [0.05, 0.1) is 0 Å². The van der Waals surface area contributed by atoms with Gasteiger partial charge in [-0.2, -0.15) is 0 Å². The Kier molecular flexibility index (Phi) is 7.21. The van der Waals surface area contributed by atoms with Gasteiger partial charge in [-0.25, -0.2) is 0 Å². The molecule has 1 aliphatic heterocycles. The van der Waals surface area contributed by atoms with E-state index in [-0.39, 0.29) is 18.3 Å². The van der Waals surface area contributed by atoms with Crippen molar-refractivity contribution in [1.82, 2.24) is 10.6 Å². The van der Waals surface area contributed by atoms with Crippen molar-refractivity contribution in [3.63, 3.8) is 0 Å². The highest BCUT2D eigenvalue weighted by Crippen LogP contribution is 2.12. The van der Waals surface area contributed by atoms with Crippen LogP contribution in [0.4, 0.5) is 0 Å². The van der Waals surface area contributed by atoms with Gasteiger partial charge in [0.1, 0.15) is 0 Å².